The Balaban J connectivity index is 1.94. The van der Waals surface area contributed by atoms with Gasteiger partial charge in [-0.2, -0.15) is 0 Å². The first-order valence-electron chi connectivity index (χ1n) is 7.45. The monoisotopic (exact) mass is 308 g/mol. The van der Waals surface area contributed by atoms with Crippen molar-refractivity contribution >= 4 is 5.97 Å². The Kier molecular flexibility index (Phi) is 6.18. The molecule has 2 aromatic rings. The lowest BCUT2D eigenvalue weighted by Crippen LogP contribution is -2.04. The van der Waals surface area contributed by atoms with Crippen molar-refractivity contribution in [3.05, 3.63) is 79.4 Å². The zero-order valence-corrected chi connectivity index (χ0v) is 13.0. The highest BCUT2D eigenvalue weighted by Gasteiger charge is 2.01. The van der Waals surface area contributed by atoms with Crippen LogP contribution in [0.15, 0.2) is 73.8 Å². The Morgan fingerprint density at radius 1 is 0.957 bits per heavy atom. The van der Waals surface area contributed by atoms with E-state index in [1.165, 1.54) is 6.08 Å². The first-order chi connectivity index (χ1) is 11.2. The molecule has 3 nitrogen and oxygen atoms in total. The fraction of sp³-hybridized carbons (Fsp3) is 0.150. The number of esters is 1. The number of ether oxygens (including phenoxy) is 2. The summed E-state index contributed by atoms with van der Waals surface area (Å²) in [7, 11) is 0. The molecule has 0 aliphatic carbocycles. The maximum Gasteiger partial charge on any atom is 0.330 e. The normalized spacial score (nSPS) is 9.91. The fourth-order valence-corrected chi connectivity index (χ4v) is 2.09. The quantitative estimate of drug-likeness (QED) is 0.417. The van der Waals surface area contributed by atoms with E-state index in [9.17, 15) is 4.79 Å². The maximum atomic E-state index is 11.0. The van der Waals surface area contributed by atoms with Crippen LogP contribution < -0.4 is 4.74 Å². The minimum absolute atomic E-state index is 0.361. The smallest absolute Gasteiger partial charge is 0.330 e. The molecule has 0 fully saturated rings. The van der Waals surface area contributed by atoms with E-state index in [0.717, 1.165) is 22.4 Å². The first-order valence-corrected chi connectivity index (χ1v) is 7.45. The van der Waals surface area contributed by atoms with Crippen LogP contribution in [0.1, 0.15) is 5.56 Å². The Hall–Kier alpha value is -2.81. The summed E-state index contributed by atoms with van der Waals surface area (Å²) in [5.74, 6) is 0.440. The van der Waals surface area contributed by atoms with Crippen molar-refractivity contribution in [3.63, 3.8) is 0 Å². The second kappa shape index (κ2) is 8.59. The summed E-state index contributed by atoms with van der Waals surface area (Å²) in [5, 5.41) is 0. The third-order valence-corrected chi connectivity index (χ3v) is 3.31. The van der Waals surface area contributed by atoms with Gasteiger partial charge in [-0.1, -0.05) is 55.6 Å². The summed E-state index contributed by atoms with van der Waals surface area (Å²) >= 11 is 0. The Morgan fingerprint density at radius 2 is 1.57 bits per heavy atom. The van der Waals surface area contributed by atoms with Gasteiger partial charge in [-0.25, -0.2) is 4.79 Å². The highest BCUT2D eigenvalue weighted by molar-refractivity contribution is 5.81. The molecule has 23 heavy (non-hydrogen) atoms. The third kappa shape index (κ3) is 5.15. The molecule has 2 rings (SSSR count). The zero-order valence-electron chi connectivity index (χ0n) is 13.0. The van der Waals surface area contributed by atoms with Crippen molar-refractivity contribution in [1.29, 1.82) is 0 Å². The molecule has 3 heteroatoms. The predicted octanol–water partition coefficient (Wildman–Crippen LogP) is 4.19. The van der Waals surface area contributed by atoms with E-state index in [-0.39, 0.29) is 5.97 Å². The number of benzene rings is 2. The number of hydrogen-bond donors (Lipinski definition) is 0. The van der Waals surface area contributed by atoms with E-state index in [1.807, 2.05) is 36.4 Å². The lowest BCUT2D eigenvalue weighted by atomic mass is 10.0. The van der Waals surface area contributed by atoms with Gasteiger partial charge in [-0.3, -0.25) is 0 Å². The molecular weight excluding hydrogens is 288 g/mol. The average molecular weight is 308 g/mol. The number of carbonyl (C=O) groups excluding carboxylic acids is 1. The molecule has 0 aliphatic rings. The van der Waals surface area contributed by atoms with Crippen molar-refractivity contribution in [1.82, 2.24) is 0 Å². The lowest BCUT2D eigenvalue weighted by molar-refractivity contribution is -0.137. The van der Waals surface area contributed by atoms with E-state index in [4.69, 9.17) is 9.47 Å². The van der Waals surface area contributed by atoms with Crippen LogP contribution in [0.3, 0.4) is 0 Å². The van der Waals surface area contributed by atoms with Gasteiger partial charge in [0, 0.05) is 12.5 Å². The van der Waals surface area contributed by atoms with Gasteiger partial charge in [0.05, 0.1) is 6.61 Å². The molecule has 0 unspecified atom stereocenters. The van der Waals surface area contributed by atoms with Gasteiger partial charge in [0.15, 0.2) is 0 Å². The standard InChI is InChI=1S/C20H20O3/c1-3-14-22-19-11-9-18(10-12-19)17-7-5-16(6-8-17)13-15-23-20(21)4-2/h3-12H,1-2,13-15H2. The molecule has 0 bridgehead atoms. The van der Waals surface area contributed by atoms with Crippen LogP contribution in [-0.2, 0) is 16.0 Å². The molecule has 0 aromatic heterocycles. The summed E-state index contributed by atoms with van der Waals surface area (Å²) in [4.78, 5) is 11.0. The SMILES string of the molecule is C=CCOc1ccc(-c2ccc(CCOC(=O)C=C)cc2)cc1. The number of hydrogen-bond acceptors (Lipinski definition) is 3. The van der Waals surface area contributed by atoms with Gasteiger partial charge in [0.25, 0.3) is 0 Å². The van der Waals surface area contributed by atoms with Crippen LogP contribution in [0.5, 0.6) is 5.75 Å². The summed E-state index contributed by atoms with van der Waals surface area (Å²) in [6.07, 6.45) is 3.58. The van der Waals surface area contributed by atoms with Gasteiger partial charge >= 0.3 is 5.97 Å². The molecule has 0 saturated carbocycles. The molecular formula is C20H20O3. The van der Waals surface area contributed by atoms with E-state index in [1.54, 1.807) is 6.08 Å². The van der Waals surface area contributed by atoms with Crippen LogP contribution in [0.25, 0.3) is 11.1 Å². The summed E-state index contributed by atoms with van der Waals surface area (Å²) < 4.78 is 10.4. The second-order valence-electron chi connectivity index (χ2n) is 4.94. The number of carbonyl (C=O) groups is 1. The number of rotatable bonds is 8. The van der Waals surface area contributed by atoms with Crippen LogP contribution in [0.2, 0.25) is 0 Å². The van der Waals surface area contributed by atoms with Gasteiger partial charge in [0.1, 0.15) is 12.4 Å². The summed E-state index contributed by atoms with van der Waals surface area (Å²) in [6, 6.07) is 16.1. The minimum Gasteiger partial charge on any atom is -0.490 e. The molecule has 0 aliphatic heterocycles. The van der Waals surface area contributed by atoms with Crippen LogP contribution in [0.4, 0.5) is 0 Å². The fourth-order valence-electron chi connectivity index (χ4n) is 2.09. The molecule has 0 spiro atoms. The molecule has 0 heterocycles. The highest BCUT2D eigenvalue weighted by atomic mass is 16.5. The van der Waals surface area contributed by atoms with E-state index in [2.05, 4.69) is 25.3 Å². The maximum absolute atomic E-state index is 11.0. The molecule has 0 atom stereocenters. The summed E-state index contributed by atoms with van der Waals surface area (Å²) in [6.45, 7) is 7.86. The van der Waals surface area contributed by atoms with Gasteiger partial charge in [0.2, 0.25) is 0 Å². The molecule has 2 aromatic carbocycles. The molecule has 118 valence electrons. The van der Waals surface area contributed by atoms with Gasteiger partial charge in [-0.15, -0.1) is 0 Å². The summed E-state index contributed by atoms with van der Waals surface area (Å²) in [5.41, 5.74) is 3.38. The van der Waals surface area contributed by atoms with Gasteiger partial charge in [-0.05, 0) is 28.8 Å². The van der Waals surface area contributed by atoms with Crippen molar-refractivity contribution in [3.8, 4) is 16.9 Å². The van der Waals surface area contributed by atoms with Crippen molar-refractivity contribution < 1.29 is 14.3 Å². The topological polar surface area (TPSA) is 35.5 Å². The van der Waals surface area contributed by atoms with Crippen molar-refractivity contribution in [2.45, 2.75) is 6.42 Å². The second-order valence-corrected chi connectivity index (χ2v) is 4.94. The van der Waals surface area contributed by atoms with E-state index >= 15 is 0 Å². The Labute approximate surface area is 136 Å². The predicted molar refractivity (Wildman–Crippen MR) is 92.4 cm³/mol. The minimum atomic E-state index is -0.389. The molecule has 0 saturated heterocycles. The van der Waals surface area contributed by atoms with Crippen molar-refractivity contribution in [2.75, 3.05) is 13.2 Å². The Morgan fingerprint density at radius 3 is 2.13 bits per heavy atom. The average Bonchev–Trinajstić information content (AvgIpc) is 2.61. The highest BCUT2D eigenvalue weighted by Crippen LogP contribution is 2.23. The lowest BCUT2D eigenvalue weighted by Gasteiger charge is -2.07. The molecule has 0 N–H and O–H groups in total. The molecule has 0 amide bonds. The van der Waals surface area contributed by atoms with Crippen LogP contribution in [0, 0.1) is 0 Å². The molecule has 0 radical (unpaired) electrons. The van der Waals surface area contributed by atoms with E-state index < -0.39 is 0 Å². The van der Waals surface area contributed by atoms with E-state index in [0.29, 0.717) is 19.6 Å². The van der Waals surface area contributed by atoms with Crippen molar-refractivity contribution in [2.24, 2.45) is 0 Å². The first kappa shape index (κ1) is 16.6. The van der Waals surface area contributed by atoms with Crippen LogP contribution in [-0.4, -0.2) is 19.2 Å². The zero-order chi connectivity index (χ0) is 16.5. The Bertz CT molecular complexity index is 654. The largest absolute Gasteiger partial charge is 0.490 e. The third-order valence-electron chi connectivity index (χ3n) is 3.31. The van der Waals surface area contributed by atoms with Crippen LogP contribution >= 0.6 is 0 Å². The van der Waals surface area contributed by atoms with Gasteiger partial charge < -0.3 is 9.47 Å².